The smallest absolute Gasteiger partial charge is 0.367 e. The first-order chi connectivity index (χ1) is 8.38. The van der Waals surface area contributed by atoms with E-state index in [2.05, 4.69) is 9.72 Å². The van der Waals surface area contributed by atoms with Gasteiger partial charge in [0.15, 0.2) is 12.0 Å². The molecule has 0 atom stereocenters. The van der Waals surface area contributed by atoms with E-state index in [-0.39, 0.29) is 0 Å². The summed E-state index contributed by atoms with van der Waals surface area (Å²) < 4.78 is 42.7. The highest BCUT2D eigenvalue weighted by molar-refractivity contribution is 5.74. The largest absolute Gasteiger partial charge is 0.469 e. The van der Waals surface area contributed by atoms with Crippen LogP contribution < -0.4 is 0 Å². The number of alkyl halides is 2. The second kappa shape index (κ2) is 5.43. The Hall–Kier alpha value is -2.19. The quantitative estimate of drug-likeness (QED) is 0.470. The molecule has 1 rings (SSSR count). The van der Waals surface area contributed by atoms with Gasteiger partial charge in [-0.1, -0.05) is 0 Å². The van der Waals surface area contributed by atoms with Crippen LogP contribution in [0, 0.1) is 15.9 Å². The molecule has 0 unspecified atom stereocenters. The molecule has 18 heavy (non-hydrogen) atoms. The second-order valence-corrected chi connectivity index (χ2v) is 3.13. The summed E-state index contributed by atoms with van der Waals surface area (Å²) in [5.41, 5.74) is -1.98. The number of carbonyl (C=O) groups is 1. The third kappa shape index (κ3) is 2.73. The molecule has 0 aliphatic rings. The number of nitro groups is 1. The van der Waals surface area contributed by atoms with E-state index in [9.17, 15) is 28.1 Å². The van der Waals surface area contributed by atoms with Gasteiger partial charge in [0.1, 0.15) is 0 Å². The Kier molecular flexibility index (Phi) is 4.18. The molecule has 0 N–H and O–H groups in total. The lowest BCUT2D eigenvalue weighted by Crippen LogP contribution is -2.12. The Balaban J connectivity index is 3.43. The number of ether oxygens (including phenoxy) is 1. The molecule has 0 aliphatic heterocycles. The van der Waals surface area contributed by atoms with Gasteiger partial charge in [-0.25, -0.2) is 13.2 Å². The lowest BCUT2D eigenvalue weighted by atomic mass is 10.1. The normalized spacial score (nSPS) is 10.5. The maximum Gasteiger partial charge on any atom is 0.367 e. The number of esters is 1. The van der Waals surface area contributed by atoms with Crippen molar-refractivity contribution in [2.24, 2.45) is 0 Å². The van der Waals surface area contributed by atoms with Crippen LogP contribution in [0.4, 0.5) is 19.0 Å². The number of pyridine rings is 1. The number of carbonyl (C=O) groups excluding carboxylic acids is 1. The first-order valence-corrected chi connectivity index (χ1v) is 4.55. The lowest BCUT2D eigenvalue weighted by molar-refractivity contribution is -0.390. The van der Waals surface area contributed by atoms with Crippen LogP contribution in [-0.2, 0) is 16.0 Å². The number of hydrogen-bond donors (Lipinski definition) is 0. The lowest BCUT2D eigenvalue weighted by Gasteiger charge is -2.08. The number of methoxy groups -OCH3 is 1. The minimum Gasteiger partial charge on any atom is -0.469 e. The fraction of sp³-hybridized carbons (Fsp3) is 0.333. The van der Waals surface area contributed by atoms with Gasteiger partial charge >= 0.3 is 11.8 Å². The summed E-state index contributed by atoms with van der Waals surface area (Å²) in [6.45, 7) is 0. The monoisotopic (exact) mass is 264 g/mol. The van der Waals surface area contributed by atoms with Gasteiger partial charge in [-0.3, -0.25) is 4.79 Å². The molecule has 98 valence electrons. The van der Waals surface area contributed by atoms with Gasteiger partial charge in [-0.15, -0.1) is 0 Å². The van der Waals surface area contributed by atoms with Gasteiger partial charge in [0.05, 0.1) is 24.7 Å². The number of halogens is 3. The van der Waals surface area contributed by atoms with E-state index >= 15 is 0 Å². The molecule has 0 aliphatic carbocycles. The zero-order chi connectivity index (χ0) is 13.9. The Bertz CT molecular complexity index is 493. The van der Waals surface area contributed by atoms with Crippen molar-refractivity contribution >= 4 is 11.8 Å². The first kappa shape index (κ1) is 13.9. The van der Waals surface area contributed by atoms with Crippen molar-refractivity contribution in [2.45, 2.75) is 12.8 Å². The van der Waals surface area contributed by atoms with Crippen LogP contribution >= 0.6 is 0 Å². The summed E-state index contributed by atoms with van der Waals surface area (Å²) in [4.78, 5) is 23.6. The van der Waals surface area contributed by atoms with Crippen LogP contribution in [0.1, 0.15) is 17.6 Å². The molecule has 0 radical (unpaired) electrons. The van der Waals surface area contributed by atoms with Crippen molar-refractivity contribution in [1.82, 2.24) is 4.98 Å². The predicted molar refractivity (Wildman–Crippen MR) is 51.5 cm³/mol. The van der Waals surface area contributed by atoms with Crippen molar-refractivity contribution in [2.75, 3.05) is 7.11 Å². The van der Waals surface area contributed by atoms with Crippen LogP contribution in [0.3, 0.4) is 0 Å². The highest BCUT2D eigenvalue weighted by Crippen LogP contribution is 2.31. The minimum absolute atomic E-state index is 0.320. The van der Waals surface area contributed by atoms with Crippen LogP contribution in [0.25, 0.3) is 0 Å². The number of hydrogen-bond acceptors (Lipinski definition) is 5. The molecule has 0 aromatic carbocycles. The van der Waals surface area contributed by atoms with Crippen LogP contribution in [0.2, 0.25) is 0 Å². The summed E-state index contributed by atoms with van der Waals surface area (Å²) in [5, 5.41) is 10.6. The zero-order valence-electron chi connectivity index (χ0n) is 9.02. The molecule has 1 aromatic rings. The Morgan fingerprint density at radius 1 is 1.61 bits per heavy atom. The minimum atomic E-state index is -3.30. The molecule has 0 fully saturated rings. The molecule has 1 aromatic heterocycles. The number of rotatable bonds is 4. The topological polar surface area (TPSA) is 82.3 Å². The third-order valence-electron chi connectivity index (χ3n) is 2.09. The van der Waals surface area contributed by atoms with Gasteiger partial charge in [-0.05, 0) is 9.91 Å². The maximum absolute atomic E-state index is 13.2. The summed E-state index contributed by atoms with van der Waals surface area (Å²) in [6.07, 6.45) is -3.83. The number of aromatic nitrogens is 1. The van der Waals surface area contributed by atoms with E-state index in [0.29, 0.717) is 6.20 Å². The molecular weight excluding hydrogens is 257 g/mol. The van der Waals surface area contributed by atoms with Gasteiger partial charge in [0.25, 0.3) is 6.43 Å². The molecule has 0 saturated carbocycles. The molecule has 1 heterocycles. The van der Waals surface area contributed by atoms with Crippen molar-refractivity contribution in [3.8, 4) is 0 Å². The first-order valence-electron chi connectivity index (χ1n) is 4.55. The maximum atomic E-state index is 13.2. The standard InChI is InChI=1S/C9H7F3N2O4/c1-18-6(15)2-4-7(8(11)12)5(10)3-13-9(4)14(16)17/h3,8H,2H2,1H3. The van der Waals surface area contributed by atoms with E-state index in [1.165, 1.54) is 0 Å². The Labute approximate surface area is 98.5 Å². The molecular formula is C9H7F3N2O4. The highest BCUT2D eigenvalue weighted by Gasteiger charge is 2.30. The van der Waals surface area contributed by atoms with Crippen LogP contribution in [0.5, 0.6) is 0 Å². The van der Waals surface area contributed by atoms with Crippen LogP contribution in [-0.4, -0.2) is 23.0 Å². The average molecular weight is 264 g/mol. The van der Waals surface area contributed by atoms with E-state index in [1.54, 1.807) is 0 Å². The average Bonchev–Trinajstić information content (AvgIpc) is 2.27. The summed E-state index contributed by atoms with van der Waals surface area (Å²) in [5.74, 6) is -3.40. The summed E-state index contributed by atoms with van der Waals surface area (Å²) >= 11 is 0. The molecule has 0 amide bonds. The van der Waals surface area contributed by atoms with Gasteiger partial charge < -0.3 is 14.9 Å². The fourth-order valence-corrected chi connectivity index (χ4v) is 1.31. The number of nitrogens with zero attached hydrogens (tertiary/aromatic N) is 2. The van der Waals surface area contributed by atoms with Crippen molar-refractivity contribution < 1.29 is 27.6 Å². The van der Waals surface area contributed by atoms with E-state index in [1.807, 2.05) is 0 Å². The van der Waals surface area contributed by atoms with Gasteiger partial charge in [0.2, 0.25) is 0 Å². The molecule has 0 saturated heterocycles. The third-order valence-corrected chi connectivity index (χ3v) is 2.09. The fourth-order valence-electron chi connectivity index (χ4n) is 1.31. The van der Waals surface area contributed by atoms with E-state index < -0.39 is 46.5 Å². The van der Waals surface area contributed by atoms with E-state index in [4.69, 9.17) is 0 Å². The molecule has 6 nitrogen and oxygen atoms in total. The Morgan fingerprint density at radius 2 is 2.22 bits per heavy atom. The van der Waals surface area contributed by atoms with E-state index in [0.717, 1.165) is 7.11 Å². The van der Waals surface area contributed by atoms with Gasteiger partial charge in [0, 0.05) is 0 Å². The van der Waals surface area contributed by atoms with Crippen molar-refractivity contribution in [3.05, 3.63) is 33.3 Å². The molecule has 0 bridgehead atoms. The highest BCUT2D eigenvalue weighted by atomic mass is 19.3. The SMILES string of the molecule is COC(=O)Cc1c([N+](=O)[O-])ncc(F)c1C(F)F. The molecule has 0 spiro atoms. The van der Waals surface area contributed by atoms with Crippen LogP contribution in [0.15, 0.2) is 6.20 Å². The van der Waals surface area contributed by atoms with Crippen molar-refractivity contribution in [3.63, 3.8) is 0 Å². The summed E-state index contributed by atoms with van der Waals surface area (Å²) in [7, 11) is 0.975. The van der Waals surface area contributed by atoms with Crippen molar-refractivity contribution in [1.29, 1.82) is 0 Å². The zero-order valence-corrected chi connectivity index (χ0v) is 9.02. The second-order valence-electron chi connectivity index (χ2n) is 3.13. The molecule has 9 heteroatoms. The van der Waals surface area contributed by atoms with Gasteiger partial charge in [-0.2, -0.15) is 0 Å². The Morgan fingerprint density at radius 3 is 2.67 bits per heavy atom. The summed E-state index contributed by atoms with van der Waals surface area (Å²) in [6, 6.07) is 0. The predicted octanol–water partition coefficient (Wildman–Crippen LogP) is 1.78.